The molecule has 1 N–H and O–H groups in total. The van der Waals surface area contributed by atoms with Gasteiger partial charge < -0.3 is 14.7 Å². The standard InChI is InChI=1S/C28H31F4N3O4S2/c1-27(36,28(30,31)32)21-6-10-23(11-7-21)35-13-12-34(41(37,38)26-3-2-16-40-26)18-24(35)17-33-14-15-39-19-25(33)20-4-8-22(29)9-5-20/h2-11,16,24-25,36H,12-15,17-19H2,1H3/t24-,25-,27?/m0/s1. The molecule has 2 aromatic carbocycles. The first kappa shape index (κ1) is 29.9. The van der Waals surface area contributed by atoms with Gasteiger partial charge in [0.1, 0.15) is 10.0 Å². The second-order valence-corrected chi connectivity index (χ2v) is 13.5. The number of nitrogens with zero attached hydrogens (tertiary/aromatic N) is 3. The monoisotopic (exact) mass is 613 g/mol. The van der Waals surface area contributed by atoms with Crippen molar-refractivity contribution < 1.29 is 35.8 Å². The zero-order valence-corrected chi connectivity index (χ0v) is 23.9. The summed E-state index contributed by atoms with van der Waals surface area (Å²) in [6.45, 7) is 3.25. The minimum atomic E-state index is -4.84. The van der Waals surface area contributed by atoms with Crippen LogP contribution in [0.25, 0.3) is 0 Å². The number of thiophene rings is 1. The number of halogens is 4. The number of hydrogen-bond donors (Lipinski definition) is 1. The number of anilines is 1. The van der Waals surface area contributed by atoms with Gasteiger partial charge in [-0.1, -0.05) is 30.3 Å². The van der Waals surface area contributed by atoms with Crippen LogP contribution in [0, 0.1) is 5.82 Å². The summed E-state index contributed by atoms with van der Waals surface area (Å²) in [4.78, 5) is 4.18. The summed E-state index contributed by atoms with van der Waals surface area (Å²) in [6, 6.07) is 14.5. The second-order valence-electron chi connectivity index (χ2n) is 10.4. The van der Waals surface area contributed by atoms with Crippen LogP contribution >= 0.6 is 11.3 Å². The first-order chi connectivity index (χ1) is 19.4. The van der Waals surface area contributed by atoms with Crippen molar-refractivity contribution in [2.24, 2.45) is 0 Å². The highest BCUT2D eigenvalue weighted by Gasteiger charge is 2.51. The van der Waals surface area contributed by atoms with Gasteiger partial charge in [-0.25, -0.2) is 12.8 Å². The van der Waals surface area contributed by atoms with Crippen molar-refractivity contribution in [1.29, 1.82) is 0 Å². The lowest BCUT2D eigenvalue weighted by molar-refractivity contribution is -0.258. The largest absolute Gasteiger partial charge is 0.421 e. The maximum absolute atomic E-state index is 13.6. The molecule has 0 radical (unpaired) electrons. The topological polar surface area (TPSA) is 73.3 Å². The van der Waals surface area contributed by atoms with E-state index in [-0.39, 0.29) is 40.8 Å². The van der Waals surface area contributed by atoms with Gasteiger partial charge in [-0.15, -0.1) is 11.3 Å². The minimum absolute atomic E-state index is 0.162. The number of hydrogen-bond acceptors (Lipinski definition) is 7. The maximum Gasteiger partial charge on any atom is 0.421 e. The molecule has 2 fully saturated rings. The van der Waals surface area contributed by atoms with E-state index in [1.807, 2.05) is 4.90 Å². The first-order valence-corrected chi connectivity index (χ1v) is 15.5. The number of alkyl halides is 3. The fourth-order valence-electron chi connectivity index (χ4n) is 5.34. The molecule has 0 aliphatic carbocycles. The van der Waals surface area contributed by atoms with Gasteiger partial charge in [-0.05, 0) is 53.8 Å². The number of piperazine rings is 1. The van der Waals surface area contributed by atoms with E-state index in [0.29, 0.717) is 45.5 Å². The van der Waals surface area contributed by atoms with Crippen LogP contribution in [0.2, 0.25) is 0 Å². The molecule has 1 unspecified atom stereocenters. The molecule has 41 heavy (non-hydrogen) atoms. The van der Waals surface area contributed by atoms with Gasteiger partial charge in [0.15, 0.2) is 5.60 Å². The van der Waals surface area contributed by atoms with E-state index in [4.69, 9.17) is 4.74 Å². The lowest BCUT2D eigenvalue weighted by Gasteiger charge is -2.46. The van der Waals surface area contributed by atoms with E-state index >= 15 is 0 Å². The molecule has 7 nitrogen and oxygen atoms in total. The van der Waals surface area contributed by atoms with E-state index in [9.17, 15) is 31.1 Å². The highest BCUT2D eigenvalue weighted by molar-refractivity contribution is 7.91. The number of morpholine rings is 1. The molecule has 2 aliphatic heterocycles. The Balaban J connectivity index is 1.44. The van der Waals surface area contributed by atoms with Crippen LogP contribution in [0.5, 0.6) is 0 Å². The van der Waals surface area contributed by atoms with Crippen LogP contribution in [0.15, 0.2) is 70.3 Å². The quantitative estimate of drug-likeness (QED) is 0.393. The van der Waals surface area contributed by atoms with Crippen LogP contribution < -0.4 is 4.90 Å². The summed E-state index contributed by atoms with van der Waals surface area (Å²) in [5.74, 6) is -0.349. The van der Waals surface area contributed by atoms with E-state index in [0.717, 1.165) is 16.9 Å². The van der Waals surface area contributed by atoms with Crippen molar-refractivity contribution in [1.82, 2.24) is 9.21 Å². The van der Waals surface area contributed by atoms with Crippen molar-refractivity contribution in [2.45, 2.75) is 35.0 Å². The van der Waals surface area contributed by atoms with Crippen LogP contribution in [0.4, 0.5) is 23.2 Å². The molecule has 1 aromatic heterocycles. The Morgan fingerprint density at radius 2 is 1.73 bits per heavy atom. The fraction of sp³-hybridized carbons (Fsp3) is 0.429. The lowest BCUT2D eigenvalue weighted by atomic mass is 9.95. The van der Waals surface area contributed by atoms with Crippen molar-refractivity contribution in [3.63, 3.8) is 0 Å². The van der Waals surface area contributed by atoms with Gasteiger partial charge in [0.25, 0.3) is 10.0 Å². The fourth-order valence-corrected chi connectivity index (χ4v) is 7.95. The molecule has 3 atom stereocenters. The zero-order chi connectivity index (χ0) is 29.4. The third kappa shape index (κ3) is 6.15. The second kappa shape index (κ2) is 11.6. The Morgan fingerprint density at radius 3 is 2.37 bits per heavy atom. The molecule has 0 bridgehead atoms. The van der Waals surface area contributed by atoms with Gasteiger partial charge in [-0.2, -0.15) is 17.5 Å². The Morgan fingerprint density at radius 1 is 1.02 bits per heavy atom. The molecule has 3 heterocycles. The van der Waals surface area contributed by atoms with Crippen molar-refractivity contribution in [3.05, 3.63) is 83.0 Å². The SMILES string of the molecule is CC(O)(c1ccc(N2CCN(S(=O)(=O)c3cccs3)C[C@@H]2CN2CCOC[C@H]2c2ccc(F)cc2)cc1)C(F)(F)F. The van der Waals surface area contributed by atoms with Crippen LogP contribution in [-0.2, 0) is 20.4 Å². The minimum Gasteiger partial charge on any atom is -0.378 e. The molecular weight excluding hydrogens is 582 g/mol. The first-order valence-electron chi connectivity index (χ1n) is 13.1. The Hall–Kier alpha value is -2.55. The molecule has 0 amide bonds. The molecule has 3 aromatic rings. The molecule has 2 saturated heterocycles. The smallest absolute Gasteiger partial charge is 0.378 e. The third-order valence-corrected chi connectivity index (χ3v) is 11.0. The summed E-state index contributed by atoms with van der Waals surface area (Å²) in [7, 11) is -3.73. The average Bonchev–Trinajstić information content (AvgIpc) is 3.50. The zero-order valence-electron chi connectivity index (χ0n) is 22.3. The highest BCUT2D eigenvalue weighted by Crippen LogP contribution is 2.39. The molecule has 13 heteroatoms. The van der Waals surface area contributed by atoms with E-state index < -0.39 is 21.8 Å². The van der Waals surface area contributed by atoms with E-state index in [1.54, 1.807) is 29.6 Å². The van der Waals surface area contributed by atoms with Gasteiger partial charge in [0.05, 0.1) is 25.3 Å². The summed E-state index contributed by atoms with van der Waals surface area (Å²) < 4.78 is 88.1. The van der Waals surface area contributed by atoms with Crippen LogP contribution in [0.1, 0.15) is 24.1 Å². The summed E-state index contributed by atoms with van der Waals surface area (Å²) >= 11 is 1.15. The number of sulfonamides is 1. The molecule has 0 saturated carbocycles. The summed E-state index contributed by atoms with van der Waals surface area (Å²) in [5.41, 5.74) is -1.80. The molecule has 5 rings (SSSR count). The number of rotatable bonds is 7. The molecule has 2 aliphatic rings. The maximum atomic E-state index is 13.6. The van der Waals surface area contributed by atoms with Crippen LogP contribution in [-0.4, -0.2) is 80.9 Å². The van der Waals surface area contributed by atoms with Gasteiger partial charge in [-0.3, -0.25) is 4.90 Å². The van der Waals surface area contributed by atoms with Crippen LogP contribution in [0.3, 0.4) is 0 Å². The highest BCUT2D eigenvalue weighted by atomic mass is 32.2. The molecule has 222 valence electrons. The lowest BCUT2D eigenvalue weighted by Crippen LogP contribution is -2.59. The molecular formula is C28H31F4N3O4S2. The number of aliphatic hydroxyl groups is 1. The summed E-state index contributed by atoms with van der Waals surface area (Å²) in [6.07, 6.45) is -4.84. The molecule has 0 spiro atoms. The predicted octanol–water partition coefficient (Wildman–Crippen LogP) is 4.61. The van der Waals surface area contributed by atoms with E-state index in [1.165, 1.54) is 40.7 Å². The van der Waals surface area contributed by atoms with Crippen molar-refractivity contribution in [2.75, 3.05) is 50.8 Å². The Kier molecular flexibility index (Phi) is 8.48. The summed E-state index contributed by atoms with van der Waals surface area (Å²) in [5, 5.41) is 11.8. The normalized spacial score (nSPS) is 22.9. The van der Waals surface area contributed by atoms with Crippen molar-refractivity contribution >= 4 is 27.0 Å². The Labute approximate surface area is 240 Å². The van der Waals surface area contributed by atoms with Crippen molar-refractivity contribution in [3.8, 4) is 0 Å². The number of ether oxygens (including phenoxy) is 1. The Bertz CT molecular complexity index is 1420. The predicted molar refractivity (Wildman–Crippen MR) is 148 cm³/mol. The average molecular weight is 614 g/mol. The number of benzene rings is 2. The third-order valence-electron chi connectivity index (χ3n) is 7.79. The van der Waals surface area contributed by atoms with Gasteiger partial charge >= 0.3 is 6.18 Å². The van der Waals surface area contributed by atoms with E-state index in [2.05, 4.69) is 4.90 Å². The van der Waals surface area contributed by atoms with Gasteiger partial charge in [0, 0.05) is 38.4 Å². The van der Waals surface area contributed by atoms with Gasteiger partial charge in [0.2, 0.25) is 0 Å².